The Balaban J connectivity index is 1.90. The summed E-state index contributed by atoms with van der Waals surface area (Å²) >= 11 is 0. The molecule has 0 amide bonds. The van der Waals surface area contributed by atoms with Gasteiger partial charge in [0, 0.05) is 31.0 Å². The zero-order valence-corrected chi connectivity index (χ0v) is 11.4. The first-order valence-electron chi connectivity index (χ1n) is 7.08. The minimum atomic E-state index is 0.747. The van der Waals surface area contributed by atoms with E-state index in [1.165, 1.54) is 37.3 Å². The second-order valence-electron chi connectivity index (χ2n) is 5.31. The van der Waals surface area contributed by atoms with E-state index >= 15 is 0 Å². The van der Waals surface area contributed by atoms with Crippen LogP contribution in [0.25, 0.3) is 0 Å². The molecule has 2 rings (SSSR count). The van der Waals surface area contributed by atoms with Crippen LogP contribution < -0.4 is 16.0 Å². The molecule has 0 saturated carbocycles. The molecule has 100 valence electrons. The Bertz CT molecular complexity index is 347. The van der Waals surface area contributed by atoms with Crippen molar-refractivity contribution in [3.05, 3.63) is 24.3 Å². The molecule has 3 nitrogen and oxygen atoms in total. The molecule has 3 heteroatoms. The van der Waals surface area contributed by atoms with E-state index in [1.54, 1.807) is 0 Å². The fourth-order valence-electron chi connectivity index (χ4n) is 2.55. The number of benzene rings is 1. The first-order chi connectivity index (χ1) is 8.79. The molecule has 1 aliphatic heterocycles. The molecule has 1 heterocycles. The molecule has 0 aromatic heterocycles. The summed E-state index contributed by atoms with van der Waals surface area (Å²) in [6.07, 6.45) is 3.71. The lowest BCUT2D eigenvalue weighted by Gasteiger charge is -2.32. The topological polar surface area (TPSA) is 41.3 Å². The number of piperidine rings is 1. The SMILES string of the molecule is CC1CCCN(c2ccc(NCCCN)cc2)C1. The highest BCUT2D eigenvalue weighted by Gasteiger charge is 2.16. The summed E-state index contributed by atoms with van der Waals surface area (Å²) in [4.78, 5) is 2.50. The Morgan fingerprint density at radius 2 is 2.11 bits per heavy atom. The van der Waals surface area contributed by atoms with Crippen molar-refractivity contribution in [2.24, 2.45) is 11.7 Å². The molecule has 1 unspecified atom stereocenters. The Labute approximate surface area is 110 Å². The fraction of sp³-hybridized carbons (Fsp3) is 0.600. The van der Waals surface area contributed by atoms with E-state index in [0.29, 0.717) is 0 Å². The normalized spacial score (nSPS) is 19.9. The van der Waals surface area contributed by atoms with Crippen LogP contribution in [0.15, 0.2) is 24.3 Å². The highest BCUT2D eigenvalue weighted by atomic mass is 15.1. The lowest BCUT2D eigenvalue weighted by Crippen LogP contribution is -2.34. The van der Waals surface area contributed by atoms with E-state index in [1.807, 2.05) is 0 Å². The van der Waals surface area contributed by atoms with Gasteiger partial charge in [0.25, 0.3) is 0 Å². The predicted octanol–water partition coefficient (Wildman–Crippen LogP) is 2.68. The minimum Gasteiger partial charge on any atom is -0.385 e. The van der Waals surface area contributed by atoms with Gasteiger partial charge in [-0.25, -0.2) is 0 Å². The molecular formula is C15H25N3. The second-order valence-corrected chi connectivity index (χ2v) is 5.31. The lowest BCUT2D eigenvalue weighted by molar-refractivity contribution is 0.447. The van der Waals surface area contributed by atoms with Crippen molar-refractivity contribution in [3.8, 4) is 0 Å². The summed E-state index contributed by atoms with van der Waals surface area (Å²) in [5.74, 6) is 0.820. The summed E-state index contributed by atoms with van der Waals surface area (Å²) in [6, 6.07) is 8.79. The van der Waals surface area contributed by atoms with Crippen LogP contribution in [0.1, 0.15) is 26.2 Å². The van der Waals surface area contributed by atoms with Crippen LogP contribution in [0.4, 0.5) is 11.4 Å². The van der Waals surface area contributed by atoms with Crippen LogP contribution in [0, 0.1) is 5.92 Å². The van der Waals surface area contributed by atoms with E-state index in [-0.39, 0.29) is 0 Å². The second kappa shape index (κ2) is 6.64. The summed E-state index contributed by atoms with van der Waals surface area (Å²) in [5, 5.41) is 3.39. The maximum atomic E-state index is 5.48. The highest BCUT2D eigenvalue weighted by Crippen LogP contribution is 2.24. The van der Waals surface area contributed by atoms with Crippen molar-refractivity contribution >= 4 is 11.4 Å². The highest BCUT2D eigenvalue weighted by molar-refractivity contribution is 5.55. The van der Waals surface area contributed by atoms with E-state index in [0.717, 1.165) is 25.4 Å². The van der Waals surface area contributed by atoms with Crippen LogP contribution in [0.3, 0.4) is 0 Å². The minimum absolute atomic E-state index is 0.747. The van der Waals surface area contributed by atoms with Crippen LogP contribution in [-0.2, 0) is 0 Å². The fourth-order valence-corrected chi connectivity index (χ4v) is 2.55. The first-order valence-corrected chi connectivity index (χ1v) is 7.08. The Kier molecular flexibility index (Phi) is 4.88. The molecular weight excluding hydrogens is 222 g/mol. The number of hydrogen-bond acceptors (Lipinski definition) is 3. The van der Waals surface area contributed by atoms with Crippen molar-refractivity contribution in [2.75, 3.05) is 36.4 Å². The Hall–Kier alpha value is -1.22. The molecule has 18 heavy (non-hydrogen) atoms. The monoisotopic (exact) mass is 247 g/mol. The van der Waals surface area contributed by atoms with Gasteiger partial charge in [-0.2, -0.15) is 0 Å². The van der Waals surface area contributed by atoms with Gasteiger partial charge in [-0.3, -0.25) is 0 Å². The molecule has 0 bridgehead atoms. The average molecular weight is 247 g/mol. The van der Waals surface area contributed by atoms with Crippen LogP contribution in [-0.4, -0.2) is 26.2 Å². The molecule has 1 fully saturated rings. The van der Waals surface area contributed by atoms with Crippen LogP contribution >= 0.6 is 0 Å². The van der Waals surface area contributed by atoms with Crippen LogP contribution in [0.5, 0.6) is 0 Å². The number of nitrogens with zero attached hydrogens (tertiary/aromatic N) is 1. The number of nitrogens with one attached hydrogen (secondary N) is 1. The first kappa shape index (κ1) is 13.2. The molecule has 1 atom stereocenters. The predicted molar refractivity (Wildman–Crippen MR) is 79.2 cm³/mol. The van der Waals surface area contributed by atoms with Gasteiger partial charge in [0.2, 0.25) is 0 Å². The van der Waals surface area contributed by atoms with Gasteiger partial charge in [-0.05, 0) is 56.0 Å². The zero-order valence-electron chi connectivity index (χ0n) is 11.4. The molecule has 0 spiro atoms. The number of rotatable bonds is 5. The summed E-state index contributed by atoms with van der Waals surface area (Å²) in [6.45, 7) is 6.44. The largest absolute Gasteiger partial charge is 0.385 e. The van der Waals surface area contributed by atoms with Crippen LogP contribution in [0.2, 0.25) is 0 Å². The summed E-state index contributed by atoms with van der Waals surface area (Å²) in [5.41, 5.74) is 8.03. The summed E-state index contributed by atoms with van der Waals surface area (Å²) < 4.78 is 0. The standard InChI is InChI=1S/C15H25N3/c1-13-4-2-11-18(12-13)15-7-5-14(6-8-15)17-10-3-9-16/h5-8,13,17H,2-4,9-12,16H2,1H3. The molecule has 1 aliphatic rings. The zero-order chi connectivity index (χ0) is 12.8. The van der Waals surface area contributed by atoms with Crippen molar-refractivity contribution in [2.45, 2.75) is 26.2 Å². The van der Waals surface area contributed by atoms with Gasteiger partial charge >= 0.3 is 0 Å². The van der Waals surface area contributed by atoms with Gasteiger partial charge in [0.15, 0.2) is 0 Å². The quantitative estimate of drug-likeness (QED) is 0.786. The molecule has 1 aromatic rings. The molecule has 1 saturated heterocycles. The molecule has 1 aromatic carbocycles. The summed E-state index contributed by atoms with van der Waals surface area (Å²) in [7, 11) is 0. The van der Waals surface area contributed by atoms with Gasteiger partial charge in [0.05, 0.1) is 0 Å². The van der Waals surface area contributed by atoms with Crippen molar-refractivity contribution in [3.63, 3.8) is 0 Å². The van der Waals surface area contributed by atoms with Crippen molar-refractivity contribution in [1.82, 2.24) is 0 Å². The third kappa shape index (κ3) is 3.64. The van der Waals surface area contributed by atoms with Crippen molar-refractivity contribution in [1.29, 1.82) is 0 Å². The van der Waals surface area contributed by atoms with Gasteiger partial charge in [-0.1, -0.05) is 6.92 Å². The third-order valence-corrected chi connectivity index (χ3v) is 3.60. The average Bonchev–Trinajstić information content (AvgIpc) is 2.40. The maximum Gasteiger partial charge on any atom is 0.0367 e. The lowest BCUT2D eigenvalue weighted by atomic mass is 10.00. The molecule has 3 N–H and O–H groups in total. The molecule has 0 radical (unpaired) electrons. The van der Waals surface area contributed by atoms with Crippen molar-refractivity contribution < 1.29 is 0 Å². The van der Waals surface area contributed by atoms with E-state index in [2.05, 4.69) is 41.4 Å². The molecule has 0 aliphatic carbocycles. The smallest absolute Gasteiger partial charge is 0.0367 e. The van der Waals surface area contributed by atoms with E-state index in [4.69, 9.17) is 5.73 Å². The van der Waals surface area contributed by atoms with Gasteiger partial charge in [-0.15, -0.1) is 0 Å². The number of anilines is 2. The van der Waals surface area contributed by atoms with Gasteiger partial charge in [0.1, 0.15) is 0 Å². The van der Waals surface area contributed by atoms with E-state index in [9.17, 15) is 0 Å². The number of nitrogens with two attached hydrogens (primary N) is 1. The van der Waals surface area contributed by atoms with E-state index < -0.39 is 0 Å². The third-order valence-electron chi connectivity index (χ3n) is 3.60. The van der Waals surface area contributed by atoms with Gasteiger partial charge < -0.3 is 16.0 Å². The Morgan fingerprint density at radius 1 is 1.33 bits per heavy atom. The Morgan fingerprint density at radius 3 is 2.78 bits per heavy atom. The number of hydrogen-bond donors (Lipinski definition) is 2. The maximum absolute atomic E-state index is 5.48.